The number of hydrogen-bond acceptors (Lipinski definition) is 7. The molecule has 1 unspecified atom stereocenters. The molecule has 0 bridgehead atoms. The molecule has 0 aromatic carbocycles. The summed E-state index contributed by atoms with van der Waals surface area (Å²) in [5.74, 6) is -1.85. The normalized spacial score (nSPS) is 12.2. The van der Waals surface area contributed by atoms with Gasteiger partial charge in [-0.1, -0.05) is 26.5 Å². The van der Waals surface area contributed by atoms with Gasteiger partial charge >= 0.3 is 11.9 Å². The van der Waals surface area contributed by atoms with Crippen molar-refractivity contribution in [3.63, 3.8) is 0 Å². The Balaban J connectivity index is 2.72. The van der Waals surface area contributed by atoms with Crippen LogP contribution < -0.4 is 0 Å². The third-order valence-corrected chi connectivity index (χ3v) is 3.62. The van der Waals surface area contributed by atoms with Crippen LogP contribution in [-0.4, -0.2) is 42.6 Å². The maximum Gasteiger partial charge on any atom is 0.339 e. The molecular weight excluding hydrogens is 348 g/mol. The van der Waals surface area contributed by atoms with Gasteiger partial charge in [0.05, 0.1) is 24.4 Å². The zero-order valence-electron chi connectivity index (χ0n) is 15.6. The monoisotopic (exact) mass is 372 g/mol. The molecule has 0 aliphatic heterocycles. The topological polar surface area (TPSA) is 94.9 Å². The molecule has 1 aromatic heterocycles. The van der Waals surface area contributed by atoms with Crippen LogP contribution in [0.3, 0.4) is 0 Å². The maximum absolute atomic E-state index is 12.1. The first-order chi connectivity index (χ1) is 12.9. The fourth-order valence-electron chi connectivity index (χ4n) is 2.01. The molecule has 0 radical (unpaired) electrons. The average molecular weight is 372 g/mol. The Hall–Kier alpha value is -3.09. The van der Waals surface area contributed by atoms with Crippen LogP contribution in [0.4, 0.5) is 0 Å². The summed E-state index contributed by atoms with van der Waals surface area (Å²) in [6.07, 6.45) is 5.58. The van der Waals surface area contributed by atoms with Gasteiger partial charge in [0, 0.05) is 36.9 Å². The van der Waals surface area contributed by atoms with E-state index in [0.29, 0.717) is 5.56 Å². The molecule has 0 spiro atoms. The Morgan fingerprint density at radius 1 is 1.26 bits per heavy atom. The number of Topliss-reactive ketones (excluding diaryl/α,β-unsaturated/α-hetero) is 1. The Bertz CT molecular complexity index is 710. The number of aromatic nitrogens is 1. The second-order valence-electron chi connectivity index (χ2n) is 6.10. The van der Waals surface area contributed by atoms with E-state index in [0.717, 1.165) is 0 Å². The second-order valence-corrected chi connectivity index (χ2v) is 6.10. The van der Waals surface area contributed by atoms with E-state index in [4.69, 9.17) is 9.47 Å². The van der Waals surface area contributed by atoms with Gasteiger partial charge in [0.2, 0.25) is 0 Å². The lowest BCUT2D eigenvalue weighted by Crippen LogP contribution is -2.25. The van der Waals surface area contributed by atoms with E-state index < -0.39 is 17.9 Å². The van der Waals surface area contributed by atoms with E-state index in [1.807, 2.05) is 0 Å². The van der Waals surface area contributed by atoms with E-state index in [9.17, 15) is 14.4 Å². The summed E-state index contributed by atoms with van der Waals surface area (Å²) in [6.45, 7) is 10.2. The maximum atomic E-state index is 12.1. The summed E-state index contributed by atoms with van der Waals surface area (Å²) in [6, 6.07) is 3.20. The van der Waals surface area contributed by atoms with Gasteiger partial charge in [0.1, 0.15) is 5.78 Å². The van der Waals surface area contributed by atoms with Gasteiger partial charge in [-0.2, -0.15) is 0 Å². The van der Waals surface area contributed by atoms with Gasteiger partial charge in [0.25, 0.3) is 0 Å². The summed E-state index contributed by atoms with van der Waals surface area (Å²) in [5.41, 5.74) is 0.448. The highest BCUT2D eigenvalue weighted by molar-refractivity contribution is 5.91. The smallest absolute Gasteiger partial charge is 0.339 e. The van der Waals surface area contributed by atoms with Gasteiger partial charge in [-0.05, 0) is 18.9 Å². The van der Waals surface area contributed by atoms with Crippen molar-refractivity contribution in [3.8, 4) is 0 Å². The van der Waals surface area contributed by atoms with Crippen LogP contribution in [0.2, 0.25) is 0 Å². The van der Waals surface area contributed by atoms with Crippen LogP contribution in [0.15, 0.2) is 53.9 Å². The minimum absolute atomic E-state index is 0.0132. The van der Waals surface area contributed by atoms with Gasteiger partial charge in [-0.15, -0.1) is 0 Å². The molecule has 0 saturated heterocycles. The Labute approximate surface area is 158 Å². The number of ether oxygens (including phenoxy) is 2. The summed E-state index contributed by atoms with van der Waals surface area (Å²) in [4.78, 5) is 43.5. The second kappa shape index (κ2) is 11.5. The summed E-state index contributed by atoms with van der Waals surface area (Å²) in [7, 11) is 0. The van der Waals surface area contributed by atoms with Gasteiger partial charge in [0.15, 0.2) is 0 Å². The molecule has 0 saturated carbocycles. The SMILES string of the molecule is C=C/C(=C\N=C)C(=O)OCC(COC(=O)c1cccnc1)CC(=O)C(C)C. The number of hydrogen-bond donors (Lipinski definition) is 0. The number of pyridine rings is 1. The minimum Gasteiger partial charge on any atom is -0.462 e. The highest BCUT2D eigenvalue weighted by atomic mass is 16.5. The van der Waals surface area contributed by atoms with Crippen LogP contribution in [0.25, 0.3) is 0 Å². The molecule has 0 N–H and O–H groups in total. The molecule has 0 aliphatic rings. The van der Waals surface area contributed by atoms with Crippen molar-refractivity contribution in [3.05, 3.63) is 54.5 Å². The molecule has 7 heteroatoms. The lowest BCUT2D eigenvalue weighted by atomic mass is 9.97. The quantitative estimate of drug-likeness (QED) is 0.257. The van der Waals surface area contributed by atoms with Gasteiger partial charge in [-0.3, -0.25) is 14.8 Å². The van der Waals surface area contributed by atoms with Gasteiger partial charge < -0.3 is 9.47 Å². The van der Waals surface area contributed by atoms with Crippen molar-refractivity contribution in [1.29, 1.82) is 0 Å². The molecule has 1 aromatic rings. The summed E-state index contributed by atoms with van der Waals surface area (Å²) >= 11 is 0. The highest BCUT2D eigenvalue weighted by Crippen LogP contribution is 2.13. The molecule has 1 rings (SSSR count). The lowest BCUT2D eigenvalue weighted by molar-refractivity contribution is -0.141. The van der Waals surface area contributed by atoms with Crippen molar-refractivity contribution < 1.29 is 23.9 Å². The molecule has 27 heavy (non-hydrogen) atoms. The first-order valence-corrected chi connectivity index (χ1v) is 8.44. The lowest BCUT2D eigenvalue weighted by Gasteiger charge is -2.17. The fraction of sp³-hybridized carbons (Fsp3) is 0.350. The Kier molecular flexibility index (Phi) is 9.36. The predicted octanol–water partition coefficient (Wildman–Crippen LogP) is 2.78. The number of carbonyl (C=O) groups excluding carboxylic acids is 3. The number of rotatable bonds is 11. The minimum atomic E-state index is -0.641. The van der Waals surface area contributed by atoms with Crippen LogP contribution >= 0.6 is 0 Å². The largest absolute Gasteiger partial charge is 0.462 e. The van der Waals surface area contributed by atoms with Crippen LogP contribution in [-0.2, 0) is 19.1 Å². The number of esters is 2. The standard InChI is InChI=1S/C20H24N2O5/c1-5-16(10-21-4)19(24)26-12-15(9-18(23)14(2)3)13-27-20(25)17-7-6-8-22-11-17/h5-8,10-11,14-15H,1,4,9,12-13H2,2-3H3/b16-10+. The van der Waals surface area contributed by atoms with Gasteiger partial charge in [-0.25, -0.2) is 9.59 Å². The van der Waals surface area contributed by atoms with E-state index >= 15 is 0 Å². The van der Waals surface area contributed by atoms with Crippen LogP contribution in [0, 0.1) is 11.8 Å². The van der Waals surface area contributed by atoms with E-state index in [2.05, 4.69) is 23.3 Å². The van der Waals surface area contributed by atoms with Crippen molar-refractivity contribution in [1.82, 2.24) is 4.98 Å². The molecule has 0 aliphatic carbocycles. The Morgan fingerprint density at radius 3 is 2.52 bits per heavy atom. The number of aliphatic imine (C=N–C) groups is 1. The van der Waals surface area contributed by atoms with E-state index in [1.54, 1.807) is 32.2 Å². The summed E-state index contributed by atoms with van der Waals surface area (Å²) < 4.78 is 10.5. The number of nitrogens with zero attached hydrogens (tertiary/aromatic N) is 2. The van der Waals surface area contributed by atoms with E-state index in [1.165, 1.54) is 18.5 Å². The molecule has 144 valence electrons. The molecule has 7 nitrogen and oxygen atoms in total. The molecule has 1 atom stereocenters. The Morgan fingerprint density at radius 2 is 1.96 bits per heavy atom. The van der Waals surface area contributed by atoms with Crippen LogP contribution in [0.5, 0.6) is 0 Å². The average Bonchev–Trinajstić information content (AvgIpc) is 2.67. The first kappa shape index (κ1) is 22.0. The third-order valence-electron chi connectivity index (χ3n) is 3.62. The first-order valence-electron chi connectivity index (χ1n) is 8.44. The van der Waals surface area contributed by atoms with Crippen molar-refractivity contribution in [2.45, 2.75) is 20.3 Å². The van der Waals surface area contributed by atoms with Crippen molar-refractivity contribution >= 4 is 24.4 Å². The molecule has 0 fully saturated rings. The highest BCUT2D eigenvalue weighted by Gasteiger charge is 2.21. The molecule has 0 amide bonds. The fourth-order valence-corrected chi connectivity index (χ4v) is 2.01. The number of carbonyl (C=O) groups is 3. The predicted molar refractivity (Wildman–Crippen MR) is 101 cm³/mol. The summed E-state index contributed by atoms with van der Waals surface area (Å²) in [5, 5.41) is 0. The number of ketones is 1. The molecular formula is C20H24N2O5. The zero-order valence-corrected chi connectivity index (χ0v) is 15.6. The van der Waals surface area contributed by atoms with E-state index in [-0.39, 0.29) is 36.9 Å². The molecule has 1 heterocycles. The zero-order chi connectivity index (χ0) is 20.2. The van der Waals surface area contributed by atoms with Crippen molar-refractivity contribution in [2.75, 3.05) is 13.2 Å². The van der Waals surface area contributed by atoms with Crippen molar-refractivity contribution in [2.24, 2.45) is 16.8 Å². The van der Waals surface area contributed by atoms with Crippen LogP contribution in [0.1, 0.15) is 30.6 Å². The third kappa shape index (κ3) is 7.77.